The van der Waals surface area contributed by atoms with Gasteiger partial charge in [0, 0.05) is 0 Å². The average molecular weight is 163 g/mol. The molecule has 10 heavy (non-hydrogen) atoms. The normalized spacial score (nSPS) is 13.6. The molecule has 1 atom stereocenters. The van der Waals surface area contributed by atoms with Crippen LogP contribution in [0.1, 0.15) is 13.8 Å². The van der Waals surface area contributed by atoms with E-state index in [9.17, 15) is 0 Å². The first-order valence-electron chi connectivity index (χ1n) is 3.12. The van der Waals surface area contributed by atoms with Crippen LogP contribution in [-0.2, 0) is 9.05 Å². The van der Waals surface area contributed by atoms with E-state index in [2.05, 4.69) is 6.58 Å². The van der Waals surface area contributed by atoms with E-state index in [1.807, 2.05) is 13.8 Å². The Kier molecular flexibility index (Phi) is 5.84. The minimum atomic E-state index is -1.20. The van der Waals surface area contributed by atoms with E-state index in [1.54, 1.807) is 6.08 Å². The molecule has 60 valence electrons. The third-order valence-corrected chi connectivity index (χ3v) is 1.67. The van der Waals surface area contributed by atoms with Gasteiger partial charge in [-0.05, 0) is 13.8 Å². The molecule has 0 aliphatic rings. The van der Waals surface area contributed by atoms with Gasteiger partial charge in [-0.1, -0.05) is 6.08 Å². The van der Waals surface area contributed by atoms with Crippen molar-refractivity contribution in [1.82, 2.24) is 0 Å². The quantitative estimate of drug-likeness (QED) is 0.496. The molecule has 0 aliphatic carbocycles. The van der Waals surface area contributed by atoms with Crippen molar-refractivity contribution in [3.63, 3.8) is 0 Å². The molecular weight excluding hydrogens is 149 g/mol. The van der Waals surface area contributed by atoms with Gasteiger partial charge < -0.3 is 9.05 Å². The molecular formula is C6H14NO2P. The van der Waals surface area contributed by atoms with Crippen LogP contribution in [-0.4, -0.2) is 12.7 Å². The van der Waals surface area contributed by atoms with Gasteiger partial charge in [0.2, 0.25) is 0 Å². The van der Waals surface area contributed by atoms with Crippen molar-refractivity contribution in [2.45, 2.75) is 20.0 Å². The first-order chi connectivity index (χ1) is 4.66. The summed E-state index contributed by atoms with van der Waals surface area (Å²) in [5.74, 6) is 0. The van der Waals surface area contributed by atoms with Crippen LogP contribution < -0.4 is 5.50 Å². The molecule has 0 amide bonds. The zero-order valence-electron chi connectivity index (χ0n) is 6.41. The standard InChI is InChI=1S/C6H14NO2P/c1-4-5-8-10(7)9-6(2)3/h4,6H,1,5,7H2,2-3H3. The van der Waals surface area contributed by atoms with Crippen LogP contribution in [0.5, 0.6) is 0 Å². The van der Waals surface area contributed by atoms with Crippen molar-refractivity contribution in [3.05, 3.63) is 12.7 Å². The highest BCUT2D eigenvalue weighted by Crippen LogP contribution is 2.29. The summed E-state index contributed by atoms with van der Waals surface area (Å²) >= 11 is 0. The SMILES string of the molecule is C=CCOP(N)OC(C)C. The van der Waals surface area contributed by atoms with Crippen molar-refractivity contribution in [2.75, 3.05) is 6.61 Å². The topological polar surface area (TPSA) is 44.5 Å². The van der Waals surface area contributed by atoms with E-state index in [4.69, 9.17) is 14.6 Å². The van der Waals surface area contributed by atoms with Gasteiger partial charge in [-0.25, -0.2) is 0 Å². The van der Waals surface area contributed by atoms with E-state index in [-0.39, 0.29) is 6.10 Å². The van der Waals surface area contributed by atoms with Crippen molar-refractivity contribution in [2.24, 2.45) is 5.50 Å². The lowest BCUT2D eigenvalue weighted by Crippen LogP contribution is -2.04. The molecule has 4 heteroatoms. The van der Waals surface area contributed by atoms with Gasteiger partial charge in [-0.15, -0.1) is 6.58 Å². The highest BCUT2D eigenvalue weighted by Gasteiger charge is 2.04. The summed E-state index contributed by atoms with van der Waals surface area (Å²) in [6.45, 7) is 7.77. The summed E-state index contributed by atoms with van der Waals surface area (Å²) in [6.07, 6.45) is 1.77. The lowest BCUT2D eigenvalue weighted by atomic mass is 10.5. The summed E-state index contributed by atoms with van der Waals surface area (Å²) in [4.78, 5) is 0. The van der Waals surface area contributed by atoms with E-state index in [0.29, 0.717) is 6.61 Å². The molecule has 2 N–H and O–H groups in total. The third kappa shape index (κ3) is 6.17. The van der Waals surface area contributed by atoms with Gasteiger partial charge >= 0.3 is 0 Å². The average Bonchev–Trinajstić information content (AvgIpc) is 1.82. The Hall–Kier alpha value is 0.0500. The molecule has 0 fully saturated rings. The second-order valence-electron chi connectivity index (χ2n) is 2.02. The van der Waals surface area contributed by atoms with Crippen LogP contribution in [0.3, 0.4) is 0 Å². The Bertz CT molecular complexity index is 97.7. The molecule has 0 bridgehead atoms. The molecule has 0 aliphatic heterocycles. The molecule has 0 rings (SSSR count). The fourth-order valence-corrected chi connectivity index (χ4v) is 1.09. The minimum Gasteiger partial charge on any atom is -0.319 e. The van der Waals surface area contributed by atoms with Gasteiger partial charge in [0.05, 0.1) is 12.7 Å². The van der Waals surface area contributed by atoms with E-state index in [0.717, 1.165) is 0 Å². The van der Waals surface area contributed by atoms with Crippen LogP contribution in [0, 0.1) is 0 Å². The van der Waals surface area contributed by atoms with Gasteiger partial charge in [0.25, 0.3) is 8.53 Å². The van der Waals surface area contributed by atoms with Crippen molar-refractivity contribution in [3.8, 4) is 0 Å². The Labute approximate surface area is 63.2 Å². The maximum Gasteiger partial charge on any atom is 0.253 e. The zero-order chi connectivity index (χ0) is 7.98. The van der Waals surface area contributed by atoms with Gasteiger partial charge in [0.1, 0.15) is 0 Å². The largest absolute Gasteiger partial charge is 0.319 e. The summed E-state index contributed by atoms with van der Waals surface area (Å²) < 4.78 is 10.1. The number of rotatable bonds is 5. The molecule has 0 heterocycles. The first-order valence-corrected chi connectivity index (χ1v) is 4.37. The molecule has 0 aromatic heterocycles. The van der Waals surface area contributed by atoms with Crippen molar-refractivity contribution < 1.29 is 9.05 Å². The second kappa shape index (κ2) is 5.81. The van der Waals surface area contributed by atoms with Crippen molar-refractivity contribution in [1.29, 1.82) is 0 Å². The predicted molar refractivity (Wildman–Crippen MR) is 43.5 cm³/mol. The Morgan fingerprint density at radius 2 is 2.30 bits per heavy atom. The van der Waals surface area contributed by atoms with Gasteiger partial charge in [-0.2, -0.15) is 0 Å². The summed E-state index contributed by atoms with van der Waals surface area (Å²) in [5.41, 5.74) is 5.43. The Morgan fingerprint density at radius 1 is 1.70 bits per heavy atom. The maximum atomic E-state index is 5.43. The van der Waals surface area contributed by atoms with Crippen LogP contribution >= 0.6 is 8.53 Å². The Morgan fingerprint density at radius 3 is 2.70 bits per heavy atom. The lowest BCUT2D eigenvalue weighted by molar-refractivity contribution is 0.216. The molecule has 0 saturated heterocycles. The molecule has 0 aromatic carbocycles. The Balaban J connectivity index is 3.24. The molecule has 3 nitrogen and oxygen atoms in total. The molecule has 0 aromatic rings. The van der Waals surface area contributed by atoms with Crippen molar-refractivity contribution >= 4 is 8.53 Å². The molecule has 0 saturated carbocycles. The number of hydrogen-bond donors (Lipinski definition) is 1. The molecule has 1 unspecified atom stereocenters. The summed E-state index contributed by atoms with van der Waals surface area (Å²) in [7, 11) is -1.20. The highest BCUT2D eigenvalue weighted by atomic mass is 31.2. The predicted octanol–water partition coefficient (Wildman–Crippen LogP) is 1.80. The van der Waals surface area contributed by atoms with E-state index >= 15 is 0 Å². The fraction of sp³-hybridized carbons (Fsp3) is 0.667. The summed E-state index contributed by atoms with van der Waals surface area (Å²) in [5, 5.41) is 0. The minimum absolute atomic E-state index is 0.126. The molecule has 0 radical (unpaired) electrons. The van der Waals surface area contributed by atoms with Crippen LogP contribution in [0.4, 0.5) is 0 Å². The summed E-state index contributed by atoms with van der Waals surface area (Å²) in [6, 6.07) is 0. The number of nitrogens with two attached hydrogens (primary N) is 1. The van der Waals surface area contributed by atoms with Crippen LogP contribution in [0.25, 0.3) is 0 Å². The fourth-order valence-electron chi connectivity index (χ4n) is 0.364. The third-order valence-electron chi connectivity index (χ3n) is 0.634. The van der Waals surface area contributed by atoms with E-state index in [1.165, 1.54) is 0 Å². The van der Waals surface area contributed by atoms with Crippen LogP contribution in [0.15, 0.2) is 12.7 Å². The monoisotopic (exact) mass is 163 g/mol. The van der Waals surface area contributed by atoms with Gasteiger partial charge in [-0.3, -0.25) is 5.50 Å². The van der Waals surface area contributed by atoms with Crippen LogP contribution in [0.2, 0.25) is 0 Å². The highest BCUT2D eigenvalue weighted by molar-refractivity contribution is 7.44. The maximum absolute atomic E-state index is 5.43. The van der Waals surface area contributed by atoms with E-state index < -0.39 is 8.53 Å². The number of hydrogen-bond acceptors (Lipinski definition) is 3. The zero-order valence-corrected chi connectivity index (χ0v) is 7.30. The second-order valence-corrected chi connectivity index (χ2v) is 3.06. The first kappa shape index (κ1) is 10.0. The molecule has 0 spiro atoms. The van der Waals surface area contributed by atoms with Gasteiger partial charge in [0.15, 0.2) is 0 Å². The lowest BCUT2D eigenvalue weighted by Gasteiger charge is -2.12. The smallest absolute Gasteiger partial charge is 0.253 e.